The molecule has 4 N–H and O–H groups in total. The highest BCUT2D eigenvalue weighted by atomic mass is 19.1. The number of rotatable bonds is 9. The molecule has 0 radical (unpaired) electrons. The Hall–Kier alpha value is -2.59. The summed E-state index contributed by atoms with van der Waals surface area (Å²) in [6.07, 6.45) is 7.20. The van der Waals surface area contributed by atoms with Crippen LogP contribution in [0, 0.1) is 23.7 Å². The minimum atomic E-state index is -0.841. The van der Waals surface area contributed by atoms with Crippen molar-refractivity contribution in [2.45, 2.75) is 37.8 Å². The Labute approximate surface area is 166 Å². The van der Waals surface area contributed by atoms with Crippen LogP contribution in [-0.4, -0.2) is 45.6 Å². The number of carbonyl (C=O) groups excluding carboxylic acids is 1. The van der Waals surface area contributed by atoms with Gasteiger partial charge in [-0.3, -0.25) is 14.3 Å². The second-order valence-corrected chi connectivity index (χ2v) is 7.89. The number of aromatic nitrogens is 4. The van der Waals surface area contributed by atoms with Crippen LogP contribution in [0.1, 0.15) is 37.3 Å². The molecule has 1 unspecified atom stereocenters. The summed E-state index contributed by atoms with van der Waals surface area (Å²) in [7, 11) is 1.47. The van der Waals surface area contributed by atoms with Crippen LogP contribution in [-0.2, 0) is 9.53 Å². The number of amides is 1. The molecule has 0 aliphatic heterocycles. The lowest BCUT2D eigenvalue weighted by Crippen LogP contribution is -2.43. The van der Waals surface area contributed by atoms with E-state index in [1.165, 1.54) is 30.3 Å². The molecule has 0 bridgehead atoms. The van der Waals surface area contributed by atoms with E-state index in [4.69, 9.17) is 10.5 Å². The largest absolute Gasteiger partial charge is 0.382 e. The highest BCUT2D eigenvalue weighted by molar-refractivity contribution is 5.94. The highest BCUT2D eigenvalue weighted by Crippen LogP contribution is 2.50. The first-order valence-electron chi connectivity index (χ1n) is 9.83. The fourth-order valence-corrected chi connectivity index (χ4v) is 4.02. The molecule has 4 rings (SSSR count). The zero-order valence-electron chi connectivity index (χ0n) is 16.2. The number of halogens is 1. The van der Waals surface area contributed by atoms with Crippen molar-refractivity contribution in [2.75, 3.05) is 19.0 Å². The lowest BCUT2D eigenvalue weighted by molar-refractivity contribution is -0.118. The van der Waals surface area contributed by atoms with Crippen LogP contribution in [0.25, 0.3) is 0 Å². The molecule has 0 spiro atoms. The lowest BCUT2D eigenvalue weighted by Gasteiger charge is -2.22. The van der Waals surface area contributed by atoms with Gasteiger partial charge in [-0.15, -0.1) is 5.10 Å². The Balaban J connectivity index is 1.53. The smallest absolute Gasteiger partial charge is 0.269 e. The van der Waals surface area contributed by atoms with E-state index in [1.807, 2.05) is 0 Å². The minimum absolute atomic E-state index is 0.0672. The molecule has 2 aromatic rings. The van der Waals surface area contributed by atoms with Crippen molar-refractivity contribution in [3.8, 4) is 0 Å². The number of carbonyl (C=O) groups is 1. The Bertz CT molecular complexity index is 924. The normalized spacial score (nSPS) is 18.6. The third-order valence-corrected chi connectivity index (χ3v) is 5.75. The number of hydrogen-bond acceptors (Lipinski definition) is 6. The van der Waals surface area contributed by atoms with E-state index < -0.39 is 29.5 Å². The third kappa shape index (κ3) is 4.23. The van der Waals surface area contributed by atoms with Crippen molar-refractivity contribution < 1.29 is 13.9 Å². The third-order valence-electron chi connectivity index (χ3n) is 5.75. The van der Waals surface area contributed by atoms with Gasteiger partial charge >= 0.3 is 0 Å². The maximum absolute atomic E-state index is 14.5. The van der Waals surface area contributed by atoms with Gasteiger partial charge in [0.1, 0.15) is 11.7 Å². The van der Waals surface area contributed by atoms with Gasteiger partial charge in [-0.05, 0) is 49.5 Å². The number of ether oxygens (including phenoxy) is 1. The van der Waals surface area contributed by atoms with E-state index in [2.05, 4.69) is 20.6 Å². The van der Waals surface area contributed by atoms with Gasteiger partial charge in [-0.2, -0.15) is 9.49 Å². The van der Waals surface area contributed by atoms with Gasteiger partial charge < -0.3 is 15.8 Å². The van der Waals surface area contributed by atoms with Gasteiger partial charge in [0, 0.05) is 18.9 Å². The summed E-state index contributed by atoms with van der Waals surface area (Å²) < 4.78 is 20.9. The average Bonchev–Trinajstić information content (AvgIpc) is 3.62. The van der Waals surface area contributed by atoms with Gasteiger partial charge in [0.25, 0.3) is 11.5 Å². The van der Waals surface area contributed by atoms with Gasteiger partial charge in [0.05, 0.1) is 18.8 Å². The molecule has 2 fully saturated rings. The maximum atomic E-state index is 14.5. The number of nitrogens with one attached hydrogen (secondary N) is 2. The summed E-state index contributed by atoms with van der Waals surface area (Å²) >= 11 is 0. The zero-order valence-corrected chi connectivity index (χ0v) is 16.2. The van der Waals surface area contributed by atoms with E-state index in [-0.39, 0.29) is 18.2 Å². The summed E-state index contributed by atoms with van der Waals surface area (Å²) in [6, 6.07) is 0.174. The van der Waals surface area contributed by atoms with Crippen molar-refractivity contribution in [3.63, 3.8) is 0 Å². The molecular formula is C19H25FN6O3. The molecule has 0 aromatic carbocycles. The fourth-order valence-electron chi connectivity index (χ4n) is 4.02. The van der Waals surface area contributed by atoms with Gasteiger partial charge in [-0.1, -0.05) is 0 Å². The van der Waals surface area contributed by atoms with Gasteiger partial charge in [0.2, 0.25) is 5.91 Å². The lowest BCUT2D eigenvalue weighted by atomic mass is 9.89. The first-order chi connectivity index (χ1) is 14.0. The number of H-pyrrole nitrogens is 1. The van der Waals surface area contributed by atoms with Crippen LogP contribution >= 0.6 is 0 Å². The van der Waals surface area contributed by atoms with Crippen LogP contribution in [0.3, 0.4) is 0 Å². The fraction of sp³-hybridized carbons (Fsp3) is 0.579. The standard InChI is InChI=1S/C19H25FN6O3/c1-29-9-14(12-6-7-22-24-18(12)27)26-8-13(17(20)25-26)23-19(28)16(21)15(10-2-3-10)11-4-5-11/h6-8,10-11,14-16H,2-5,9,21H2,1H3,(H,23,28)(H,24,27)/t14?,16-/m0/s1. The molecule has 2 aliphatic rings. The quantitative estimate of drug-likeness (QED) is 0.573. The van der Waals surface area contributed by atoms with Gasteiger partial charge in [-0.25, -0.2) is 5.10 Å². The van der Waals surface area contributed by atoms with Crippen molar-refractivity contribution in [1.29, 1.82) is 0 Å². The molecule has 10 heteroatoms. The van der Waals surface area contributed by atoms with E-state index in [1.54, 1.807) is 0 Å². The van der Waals surface area contributed by atoms with Crippen molar-refractivity contribution >= 4 is 11.6 Å². The predicted octanol–water partition coefficient (Wildman–Crippen LogP) is 1.04. The molecule has 2 aromatic heterocycles. The predicted molar refractivity (Wildman–Crippen MR) is 103 cm³/mol. The molecule has 0 saturated heterocycles. The number of methoxy groups -OCH3 is 1. The molecule has 156 valence electrons. The van der Waals surface area contributed by atoms with Crippen LogP contribution in [0.2, 0.25) is 0 Å². The Morgan fingerprint density at radius 2 is 2.10 bits per heavy atom. The Morgan fingerprint density at radius 3 is 2.69 bits per heavy atom. The summed E-state index contributed by atoms with van der Waals surface area (Å²) in [5.74, 6) is -0.0887. The van der Waals surface area contributed by atoms with E-state index in [0.29, 0.717) is 17.4 Å². The second-order valence-electron chi connectivity index (χ2n) is 7.89. The number of hydrogen-bond donors (Lipinski definition) is 3. The molecule has 9 nitrogen and oxygen atoms in total. The number of anilines is 1. The summed E-state index contributed by atoms with van der Waals surface area (Å²) in [5.41, 5.74) is 6.06. The summed E-state index contributed by atoms with van der Waals surface area (Å²) in [4.78, 5) is 24.8. The van der Waals surface area contributed by atoms with E-state index in [9.17, 15) is 14.0 Å². The van der Waals surface area contributed by atoms with E-state index in [0.717, 1.165) is 25.7 Å². The molecule has 29 heavy (non-hydrogen) atoms. The van der Waals surface area contributed by atoms with Gasteiger partial charge in [0.15, 0.2) is 0 Å². The molecular weight excluding hydrogens is 379 g/mol. The summed E-state index contributed by atoms with van der Waals surface area (Å²) in [5, 5.41) is 12.4. The summed E-state index contributed by atoms with van der Waals surface area (Å²) in [6.45, 7) is 0.0898. The number of nitrogens with zero attached hydrogens (tertiary/aromatic N) is 3. The molecule has 2 atom stereocenters. The maximum Gasteiger partial charge on any atom is 0.269 e. The zero-order chi connectivity index (χ0) is 20.5. The first kappa shape index (κ1) is 19.7. The average molecular weight is 404 g/mol. The van der Waals surface area contributed by atoms with Crippen LogP contribution in [0.5, 0.6) is 0 Å². The second kappa shape index (κ2) is 8.03. The number of nitrogens with two attached hydrogens (primary N) is 1. The van der Waals surface area contributed by atoms with Crippen molar-refractivity contribution in [2.24, 2.45) is 23.5 Å². The van der Waals surface area contributed by atoms with Crippen molar-refractivity contribution in [1.82, 2.24) is 20.0 Å². The van der Waals surface area contributed by atoms with Crippen LogP contribution in [0.15, 0.2) is 23.3 Å². The van der Waals surface area contributed by atoms with Crippen LogP contribution < -0.4 is 16.6 Å². The topological polar surface area (TPSA) is 128 Å². The molecule has 2 aliphatic carbocycles. The highest BCUT2D eigenvalue weighted by Gasteiger charge is 2.46. The minimum Gasteiger partial charge on any atom is -0.382 e. The molecule has 1 amide bonds. The monoisotopic (exact) mass is 404 g/mol. The Kier molecular flexibility index (Phi) is 5.46. The molecule has 2 saturated carbocycles. The molecule has 2 heterocycles. The van der Waals surface area contributed by atoms with Crippen LogP contribution in [0.4, 0.5) is 10.1 Å². The van der Waals surface area contributed by atoms with Crippen molar-refractivity contribution in [3.05, 3.63) is 40.3 Å². The number of aromatic amines is 1. The first-order valence-corrected chi connectivity index (χ1v) is 9.83. The van der Waals surface area contributed by atoms with E-state index >= 15 is 0 Å². The SMILES string of the molecule is COCC(c1ccn[nH]c1=O)n1cc(NC(=O)[C@@H](N)C(C2CC2)C2CC2)c(F)n1. The Morgan fingerprint density at radius 1 is 1.41 bits per heavy atom.